The highest BCUT2D eigenvalue weighted by molar-refractivity contribution is 9.11. The third kappa shape index (κ3) is 2.40. The van der Waals surface area contributed by atoms with Crippen LogP contribution in [-0.4, -0.2) is 22.4 Å². The molecule has 0 aromatic carbocycles. The van der Waals surface area contributed by atoms with Gasteiger partial charge in [-0.3, -0.25) is 0 Å². The van der Waals surface area contributed by atoms with Crippen molar-refractivity contribution in [1.82, 2.24) is 9.36 Å². The third-order valence-electron chi connectivity index (χ3n) is 2.28. The van der Waals surface area contributed by atoms with Gasteiger partial charge in [-0.2, -0.15) is 9.36 Å². The summed E-state index contributed by atoms with van der Waals surface area (Å²) in [5.74, 6) is 0.902. The summed E-state index contributed by atoms with van der Waals surface area (Å²) >= 11 is 4.76. The lowest BCUT2D eigenvalue weighted by molar-refractivity contribution is 0.726. The molecule has 0 radical (unpaired) electrons. The first-order chi connectivity index (χ1) is 6.36. The van der Waals surface area contributed by atoms with Crippen LogP contribution in [0.2, 0.25) is 0 Å². The van der Waals surface area contributed by atoms with Gasteiger partial charge in [0, 0.05) is 13.1 Å². The van der Waals surface area contributed by atoms with Crippen molar-refractivity contribution in [2.45, 2.75) is 25.7 Å². The summed E-state index contributed by atoms with van der Waals surface area (Å²) < 4.78 is 5.17. The molecule has 2 rings (SSSR count). The van der Waals surface area contributed by atoms with E-state index in [-0.39, 0.29) is 0 Å². The molecule has 72 valence electrons. The van der Waals surface area contributed by atoms with Crippen molar-refractivity contribution in [1.29, 1.82) is 0 Å². The van der Waals surface area contributed by atoms with Gasteiger partial charge in [-0.15, -0.1) is 0 Å². The second-order valence-corrected chi connectivity index (χ2v) is 5.28. The van der Waals surface area contributed by atoms with Crippen LogP contribution in [0.15, 0.2) is 3.92 Å². The number of halogens is 1. The van der Waals surface area contributed by atoms with Crippen LogP contribution in [0, 0.1) is 0 Å². The molecule has 3 nitrogen and oxygen atoms in total. The van der Waals surface area contributed by atoms with E-state index in [9.17, 15) is 0 Å². The maximum Gasteiger partial charge on any atom is 0.238 e. The summed E-state index contributed by atoms with van der Waals surface area (Å²) in [7, 11) is 0. The molecule has 0 saturated carbocycles. The molecule has 0 amide bonds. The predicted molar refractivity (Wildman–Crippen MR) is 58.3 cm³/mol. The van der Waals surface area contributed by atoms with Gasteiger partial charge in [-0.05, 0) is 40.3 Å². The molecule has 1 aromatic rings. The molecule has 1 aliphatic rings. The van der Waals surface area contributed by atoms with Crippen LogP contribution in [0.4, 0.5) is 5.95 Å². The Bertz CT molecular complexity index is 268. The molecule has 1 fully saturated rings. The molecule has 1 aliphatic heterocycles. The molecule has 1 aromatic heterocycles. The third-order valence-corrected chi connectivity index (χ3v) is 3.39. The van der Waals surface area contributed by atoms with Gasteiger partial charge in [0.05, 0.1) is 0 Å². The Morgan fingerprint density at radius 1 is 1.15 bits per heavy atom. The average Bonchev–Trinajstić information content (AvgIpc) is 2.43. The molecule has 0 N–H and O–H groups in total. The van der Waals surface area contributed by atoms with E-state index in [0.717, 1.165) is 23.0 Å². The Hall–Kier alpha value is -0.160. The molecule has 0 unspecified atom stereocenters. The summed E-state index contributed by atoms with van der Waals surface area (Å²) in [6, 6.07) is 0. The van der Waals surface area contributed by atoms with Crippen LogP contribution in [-0.2, 0) is 0 Å². The van der Waals surface area contributed by atoms with Gasteiger partial charge in [0.1, 0.15) is 0 Å². The van der Waals surface area contributed by atoms with Crippen molar-refractivity contribution in [2.75, 3.05) is 18.0 Å². The van der Waals surface area contributed by atoms with Crippen molar-refractivity contribution < 1.29 is 0 Å². The molecule has 0 bridgehead atoms. The van der Waals surface area contributed by atoms with Gasteiger partial charge in [0.25, 0.3) is 0 Å². The highest BCUT2D eigenvalue weighted by atomic mass is 79.9. The summed E-state index contributed by atoms with van der Waals surface area (Å²) in [5, 5.41) is 0. The van der Waals surface area contributed by atoms with Gasteiger partial charge in [-0.1, -0.05) is 12.8 Å². The van der Waals surface area contributed by atoms with E-state index in [2.05, 4.69) is 30.2 Å². The van der Waals surface area contributed by atoms with Crippen LogP contribution < -0.4 is 4.90 Å². The van der Waals surface area contributed by atoms with Crippen molar-refractivity contribution in [3.63, 3.8) is 0 Å². The summed E-state index contributed by atoms with van der Waals surface area (Å²) in [6.45, 7) is 2.23. The normalized spacial score (nSPS) is 18.7. The topological polar surface area (TPSA) is 29.0 Å². The maximum atomic E-state index is 4.33. The number of aromatic nitrogens is 2. The molecule has 0 atom stereocenters. The van der Waals surface area contributed by atoms with Crippen LogP contribution in [0.3, 0.4) is 0 Å². The quantitative estimate of drug-likeness (QED) is 0.779. The smallest absolute Gasteiger partial charge is 0.238 e. The average molecular weight is 262 g/mol. The zero-order chi connectivity index (χ0) is 9.10. The van der Waals surface area contributed by atoms with Crippen molar-refractivity contribution in [3.8, 4) is 0 Å². The predicted octanol–water partition coefficient (Wildman–Crippen LogP) is 2.68. The molecule has 0 aliphatic carbocycles. The Morgan fingerprint density at radius 3 is 2.38 bits per heavy atom. The van der Waals surface area contributed by atoms with Crippen molar-refractivity contribution in [3.05, 3.63) is 3.92 Å². The van der Waals surface area contributed by atoms with E-state index in [1.807, 2.05) is 0 Å². The van der Waals surface area contributed by atoms with Crippen LogP contribution in [0.5, 0.6) is 0 Å². The van der Waals surface area contributed by atoms with Gasteiger partial charge in [0.15, 0.2) is 3.92 Å². The molecule has 13 heavy (non-hydrogen) atoms. The number of anilines is 1. The zero-order valence-electron chi connectivity index (χ0n) is 7.37. The van der Waals surface area contributed by atoms with Gasteiger partial charge >= 0.3 is 0 Å². The molecule has 5 heteroatoms. The fourth-order valence-electron chi connectivity index (χ4n) is 1.60. The fourth-order valence-corrected chi connectivity index (χ4v) is 2.41. The standard InChI is InChI=1S/C8H12BrN3S/c9-7-10-8(11-13-7)12-5-3-1-2-4-6-12/h1-6H2. The monoisotopic (exact) mass is 261 g/mol. The number of nitrogens with zero attached hydrogens (tertiary/aromatic N) is 3. The highest BCUT2D eigenvalue weighted by Crippen LogP contribution is 2.20. The molecular formula is C8H12BrN3S. The van der Waals surface area contributed by atoms with Crippen molar-refractivity contribution >= 4 is 33.4 Å². The van der Waals surface area contributed by atoms with E-state index in [1.54, 1.807) is 0 Å². The largest absolute Gasteiger partial charge is 0.340 e. The molecule has 2 heterocycles. The summed E-state index contributed by atoms with van der Waals surface area (Å²) in [6.07, 6.45) is 5.25. The van der Waals surface area contributed by atoms with E-state index < -0.39 is 0 Å². The lowest BCUT2D eigenvalue weighted by Gasteiger charge is -2.17. The second-order valence-electron chi connectivity index (χ2n) is 3.25. The lowest BCUT2D eigenvalue weighted by atomic mass is 10.2. The SMILES string of the molecule is Brc1nc(N2CCCCCC2)ns1. The molecule has 1 saturated heterocycles. The van der Waals surface area contributed by atoms with Gasteiger partial charge in [-0.25, -0.2) is 0 Å². The number of rotatable bonds is 1. The Labute approximate surface area is 90.5 Å². The lowest BCUT2D eigenvalue weighted by Crippen LogP contribution is -2.24. The summed E-state index contributed by atoms with van der Waals surface area (Å²) in [4.78, 5) is 6.61. The number of hydrogen-bond donors (Lipinski definition) is 0. The maximum absolute atomic E-state index is 4.33. The van der Waals surface area contributed by atoms with E-state index >= 15 is 0 Å². The van der Waals surface area contributed by atoms with E-state index in [4.69, 9.17) is 0 Å². The Kier molecular flexibility index (Phi) is 3.16. The zero-order valence-corrected chi connectivity index (χ0v) is 9.77. The van der Waals surface area contributed by atoms with Crippen LogP contribution in [0.25, 0.3) is 0 Å². The second kappa shape index (κ2) is 4.37. The minimum absolute atomic E-state index is 0.881. The van der Waals surface area contributed by atoms with Crippen molar-refractivity contribution in [2.24, 2.45) is 0 Å². The molecule has 0 spiro atoms. The fraction of sp³-hybridized carbons (Fsp3) is 0.750. The first-order valence-electron chi connectivity index (χ1n) is 4.60. The Balaban J connectivity index is 2.06. The number of hydrogen-bond acceptors (Lipinski definition) is 4. The molecular weight excluding hydrogens is 250 g/mol. The van der Waals surface area contributed by atoms with Gasteiger partial charge in [0.2, 0.25) is 5.95 Å². The van der Waals surface area contributed by atoms with Gasteiger partial charge < -0.3 is 4.90 Å². The van der Waals surface area contributed by atoms with E-state index in [0.29, 0.717) is 0 Å². The summed E-state index contributed by atoms with van der Waals surface area (Å²) in [5.41, 5.74) is 0. The van der Waals surface area contributed by atoms with Crippen LogP contribution in [0.1, 0.15) is 25.7 Å². The Morgan fingerprint density at radius 2 is 1.85 bits per heavy atom. The minimum atomic E-state index is 0.881. The van der Waals surface area contributed by atoms with E-state index in [1.165, 1.54) is 37.2 Å². The van der Waals surface area contributed by atoms with Crippen LogP contribution >= 0.6 is 27.5 Å². The minimum Gasteiger partial charge on any atom is -0.340 e. The first kappa shape index (κ1) is 9.40. The highest BCUT2D eigenvalue weighted by Gasteiger charge is 2.13. The first-order valence-corrected chi connectivity index (χ1v) is 6.17.